The van der Waals surface area contributed by atoms with Gasteiger partial charge in [-0.2, -0.15) is 5.10 Å². The quantitative estimate of drug-likeness (QED) is 0.526. The Kier molecular flexibility index (Phi) is 7.88. The van der Waals surface area contributed by atoms with E-state index in [4.69, 9.17) is 0 Å². The molecular weight excluding hydrogens is 202 g/mol. The number of aromatic amines is 1. The normalized spacial score (nSPS) is 13.1. The van der Waals surface area contributed by atoms with E-state index >= 15 is 0 Å². The van der Waals surface area contributed by atoms with E-state index < -0.39 is 0 Å². The number of aromatic nitrogens is 2. The summed E-state index contributed by atoms with van der Waals surface area (Å²) in [4.78, 5) is 0. The molecule has 0 saturated heterocycles. The van der Waals surface area contributed by atoms with Gasteiger partial charge in [0.25, 0.3) is 0 Å². The van der Waals surface area contributed by atoms with Crippen molar-refractivity contribution < 1.29 is 0 Å². The standard InChI is InChI=1S/C3H4N2.C2H3NS2.ClH/c2*1-2-4-5-3-1;/h1-3H,(H,4,5);1H,2H2;1H. The molecule has 2 rings (SSSR count). The SMILES string of the molecule is C1=NSSC1.Cl.c1cn[nH]c1. The molecule has 1 aliphatic heterocycles. The Morgan fingerprint density at radius 2 is 2.36 bits per heavy atom. The van der Waals surface area contributed by atoms with Crippen LogP contribution >= 0.6 is 34.2 Å². The van der Waals surface area contributed by atoms with E-state index in [-0.39, 0.29) is 12.4 Å². The Labute approximate surface area is 79.4 Å². The van der Waals surface area contributed by atoms with Gasteiger partial charge in [0.1, 0.15) is 0 Å². The highest BCUT2D eigenvalue weighted by atomic mass is 35.5. The van der Waals surface area contributed by atoms with Gasteiger partial charge in [0, 0.05) is 35.3 Å². The third kappa shape index (κ3) is 6.28. The van der Waals surface area contributed by atoms with Crippen molar-refractivity contribution in [2.75, 3.05) is 5.75 Å². The molecule has 6 heteroatoms. The fourth-order valence-electron chi connectivity index (χ4n) is 0.367. The van der Waals surface area contributed by atoms with E-state index in [9.17, 15) is 0 Å². The van der Waals surface area contributed by atoms with Gasteiger partial charge in [0.2, 0.25) is 0 Å². The zero-order valence-corrected chi connectivity index (χ0v) is 8.09. The molecule has 0 unspecified atom stereocenters. The van der Waals surface area contributed by atoms with Crippen molar-refractivity contribution in [3.8, 4) is 0 Å². The molecule has 0 atom stereocenters. The number of nitrogens with one attached hydrogen (secondary N) is 1. The maximum atomic E-state index is 3.84. The number of rotatable bonds is 0. The minimum absolute atomic E-state index is 0. The van der Waals surface area contributed by atoms with E-state index in [0.29, 0.717) is 0 Å². The second kappa shape index (κ2) is 7.97. The minimum atomic E-state index is 0. The van der Waals surface area contributed by atoms with E-state index in [0.717, 1.165) is 5.75 Å². The highest BCUT2D eigenvalue weighted by molar-refractivity contribution is 8.76. The van der Waals surface area contributed by atoms with Gasteiger partial charge >= 0.3 is 0 Å². The van der Waals surface area contributed by atoms with Crippen LogP contribution in [0.5, 0.6) is 0 Å². The number of halogens is 1. The zero-order chi connectivity index (χ0) is 7.07. The molecule has 0 spiro atoms. The number of hydrogen-bond acceptors (Lipinski definition) is 4. The van der Waals surface area contributed by atoms with Crippen LogP contribution in [0.1, 0.15) is 0 Å². The van der Waals surface area contributed by atoms with E-state index in [1.807, 2.05) is 12.3 Å². The Hall–Kier alpha value is -0.130. The van der Waals surface area contributed by atoms with Crippen molar-refractivity contribution in [2.45, 2.75) is 0 Å². The van der Waals surface area contributed by atoms with Gasteiger partial charge in [-0.25, -0.2) is 4.40 Å². The second-order valence-electron chi connectivity index (χ2n) is 1.41. The van der Waals surface area contributed by atoms with Gasteiger partial charge in [0.05, 0.1) is 0 Å². The van der Waals surface area contributed by atoms with Gasteiger partial charge in [-0.3, -0.25) is 5.10 Å². The molecule has 0 saturated carbocycles. The summed E-state index contributed by atoms with van der Waals surface area (Å²) in [5, 5.41) is 6.21. The average Bonchev–Trinajstić information content (AvgIpc) is 2.67. The van der Waals surface area contributed by atoms with Crippen molar-refractivity contribution in [1.82, 2.24) is 10.2 Å². The molecular formula is C5H8ClN3S2. The third-order valence-corrected chi connectivity index (χ3v) is 2.33. The maximum absolute atomic E-state index is 3.84. The van der Waals surface area contributed by atoms with Crippen LogP contribution in [0.2, 0.25) is 0 Å². The maximum Gasteiger partial charge on any atom is 0.0487 e. The predicted octanol–water partition coefficient (Wildman–Crippen LogP) is 2.20. The van der Waals surface area contributed by atoms with Crippen LogP contribution in [-0.4, -0.2) is 22.2 Å². The monoisotopic (exact) mass is 209 g/mol. The fourth-order valence-corrected chi connectivity index (χ4v) is 1.58. The Balaban J connectivity index is 0.000000167. The number of H-pyrrole nitrogens is 1. The largest absolute Gasteiger partial charge is 0.286 e. The molecule has 1 N–H and O–H groups in total. The first kappa shape index (κ1) is 10.9. The lowest BCUT2D eigenvalue weighted by Crippen LogP contribution is -1.61. The zero-order valence-electron chi connectivity index (χ0n) is 5.64. The van der Waals surface area contributed by atoms with E-state index in [2.05, 4.69) is 14.6 Å². The summed E-state index contributed by atoms with van der Waals surface area (Å²) in [6.45, 7) is 0. The molecule has 0 aromatic carbocycles. The van der Waals surface area contributed by atoms with Crippen molar-refractivity contribution in [2.24, 2.45) is 4.40 Å². The van der Waals surface area contributed by atoms with Crippen LogP contribution in [0.15, 0.2) is 22.9 Å². The lowest BCUT2D eigenvalue weighted by Gasteiger charge is -1.66. The molecule has 1 aliphatic rings. The molecule has 0 amide bonds. The molecule has 3 nitrogen and oxygen atoms in total. The Morgan fingerprint density at radius 3 is 2.55 bits per heavy atom. The Morgan fingerprint density at radius 1 is 1.45 bits per heavy atom. The average molecular weight is 210 g/mol. The molecule has 0 bridgehead atoms. The summed E-state index contributed by atoms with van der Waals surface area (Å²) in [5.74, 6) is 1.09. The van der Waals surface area contributed by atoms with Crippen LogP contribution in [0.25, 0.3) is 0 Å². The highest BCUT2D eigenvalue weighted by Gasteiger charge is 1.87. The van der Waals surface area contributed by atoms with E-state index in [1.54, 1.807) is 34.2 Å². The number of hydrogen-bond donors (Lipinski definition) is 1. The van der Waals surface area contributed by atoms with Gasteiger partial charge in [-0.05, 0) is 6.07 Å². The Bertz CT molecular complexity index is 155. The van der Waals surface area contributed by atoms with Crippen molar-refractivity contribution >= 4 is 40.4 Å². The minimum Gasteiger partial charge on any atom is -0.286 e. The summed E-state index contributed by atoms with van der Waals surface area (Å²) in [6, 6.07) is 1.83. The summed E-state index contributed by atoms with van der Waals surface area (Å²) in [5.41, 5.74) is 0. The molecule has 0 fully saturated rings. The molecule has 62 valence electrons. The molecule has 1 aromatic heterocycles. The number of nitrogens with zero attached hydrogens (tertiary/aromatic N) is 2. The summed E-state index contributed by atoms with van der Waals surface area (Å²) in [7, 11) is 3.33. The van der Waals surface area contributed by atoms with Crippen molar-refractivity contribution in [3.05, 3.63) is 18.5 Å². The van der Waals surface area contributed by atoms with Crippen LogP contribution in [0.3, 0.4) is 0 Å². The highest BCUT2D eigenvalue weighted by Crippen LogP contribution is 2.25. The smallest absolute Gasteiger partial charge is 0.0487 e. The first-order valence-corrected chi connectivity index (χ1v) is 5.02. The molecule has 2 heterocycles. The second-order valence-corrected chi connectivity index (χ2v) is 3.50. The lowest BCUT2D eigenvalue weighted by atomic mass is 10.8. The van der Waals surface area contributed by atoms with Crippen LogP contribution in [0, 0.1) is 0 Å². The van der Waals surface area contributed by atoms with Gasteiger partial charge in [0.15, 0.2) is 0 Å². The topological polar surface area (TPSA) is 41.0 Å². The summed E-state index contributed by atoms with van der Waals surface area (Å²) >= 11 is 0. The van der Waals surface area contributed by atoms with Crippen molar-refractivity contribution in [3.63, 3.8) is 0 Å². The fraction of sp³-hybridized carbons (Fsp3) is 0.200. The van der Waals surface area contributed by atoms with Gasteiger partial charge in [-0.1, -0.05) is 10.8 Å². The predicted molar refractivity (Wildman–Crippen MR) is 54.4 cm³/mol. The molecule has 11 heavy (non-hydrogen) atoms. The first-order chi connectivity index (χ1) is 5.00. The van der Waals surface area contributed by atoms with Crippen molar-refractivity contribution in [1.29, 1.82) is 0 Å². The van der Waals surface area contributed by atoms with Gasteiger partial charge in [-0.15, -0.1) is 12.4 Å². The first-order valence-electron chi connectivity index (χ1n) is 2.74. The lowest BCUT2D eigenvalue weighted by molar-refractivity contribution is 1.09. The van der Waals surface area contributed by atoms with Crippen LogP contribution < -0.4 is 0 Å². The van der Waals surface area contributed by atoms with Crippen LogP contribution in [-0.2, 0) is 0 Å². The third-order valence-electron chi connectivity index (χ3n) is 0.719. The molecule has 0 aliphatic carbocycles. The van der Waals surface area contributed by atoms with Gasteiger partial charge < -0.3 is 0 Å². The summed E-state index contributed by atoms with van der Waals surface area (Å²) in [6.07, 6.45) is 5.37. The van der Waals surface area contributed by atoms with Crippen LogP contribution in [0.4, 0.5) is 0 Å². The molecule has 0 radical (unpaired) electrons. The summed E-state index contributed by atoms with van der Waals surface area (Å²) < 4.78 is 3.84. The van der Waals surface area contributed by atoms with E-state index in [1.165, 1.54) is 0 Å². The molecule has 1 aromatic rings.